The van der Waals surface area contributed by atoms with Crippen molar-refractivity contribution in [3.05, 3.63) is 33.0 Å². The number of rotatable bonds is 6. The summed E-state index contributed by atoms with van der Waals surface area (Å²) in [5.74, 6) is 5.69. The molecule has 3 unspecified atom stereocenters. The highest BCUT2D eigenvalue weighted by Gasteiger charge is 2.39. The molecule has 1 saturated carbocycles. The summed E-state index contributed by atoms with van der Waals surface area (Å²) in [6, 6.07) is 2.87. The van der Waals surface area contributed by atoms with Crippen molar-refractivity contribution in [1.82, 2.24) is 9.24 Å². The molecule has 0 radical (unpaired) electrons. The molecule has 2 heterocycles. The van der Waals surface area contributed by atoms with Gasteiger partial charge in [0.15, 0.2) is 5.75 Å². The van der Waals surface area contributed by atoms with Gasteiger partial charge in [-0.25, -0.2) is 9.18 Å². The number of alkyl halides is 1. The second kappa shape index (κ2) is 7.34. The smallest absolute Gasteiger partial charge is 0.350 e. The average Bonchev–Trinajstić information content (AvgIpc) is 3.46. The third kappa shape index (κ3) is 3.16. The third-order valence-corrected chi connectivity index (χ3v) is 5.87. The van der Waals surface area contributed by atoms with Crippen molar-refractivity contribution >= 4 is 16.6 Å². The number of hydrogen-bond acceptors (Lipinski definition) is 7. The van der Waals surface area contributed by atoms with Crippen LogP contribution in [-0.2, 0) is 4.74 Å². The summed E-state index contributed by atoms with van der Waals surface area (Å²) in [4.78, 5) is 27.1. The monoisotopic (exact) mass is 407 g/mol. The number of fused-ring (bicyclic) bond motifs is 1. The fourth-order valence-corrected chi connectivity index (χ4v) is 4.23. The maximum atomic E-state index is 14.7. The van der Waals surface area contributed by atoms with Crippen LogP contribution in [0.25, 0.3) is 10.9 Å². The van der Waals surface area contributed by atoms with Crippen molar-refractivity contribution in [3.8, 4) is 5.75 Å². The number of nitrogens with two attached hydrogens (primary N) is 2. The Morgan fingerprint density at radius 1 is 1.24 bits per heavy atom. The molecule has 3 atom stereocenters. The van der Waals surface area contributed by atoms with Crippen LogP contribution in [0.15, 0.2) is 21.7 Å². The third-order valence-electron chi connectivity index (χ3n) is 5.87. The lowest BCUT2D eigenvalue weighted by molar-refractivity contribution is 0.138. The zero-order valence-electron chi connectivity index (χ0n) is 16.5. The van der Waals surface area contributed by atoms with Gasteiger partial charge in [0.25, 0.3) is 5.56 Å². The molecule has 1 aliphatic heterocycles. The Bertz CT molecular complexity index is 1050. The molecule has 4 N–H and O–H groups in total. The van der Waals surface area contributed by atoms with Gasteiger partial charge in [0.1, 0.15) is 11.7 Å². The zero-order valence-corrected chi connectivity index (χ0v) is 16.5. The molecule has 2 aliphatic rings. The summed E-state index contributed by atoms with van der Waals surface area (Å²) < 4.78 is 27.6. The molecule has 29 heavy (non-hydrogen) atoms. The predicted octanol–water partition coefficient (Wildman–Crippen LogP) is -0.0315. The van der Waals surface area contributed by atoms with Crippen LogP contribution in [0, 0.1) is 5.92 Å². The summed E-state index contributed by atoms with van der Waals surface area (Å²) in [5, 5.41) is 0.295. The number of ether oxygens (including phenoxy) is 2. The number of anilines is 1. The number of hydrogen-bond donors (Lipinski definition) is 2. The molecule has 158 valence electrons. The second-order valence-corrected chi connectivity index (χ2v) is 7.78. The van der Waals surface area contributed by atoms with Gasteiger partial charge in [-0.05, 0) is 25.0 Å². The Morgan fingerprint density at radius 2 is 1.97 bits per heavy atom. The first-order valence-corrected chi connectivity index (χ1v) is 9.65. The highest BCUT2D eigenvalue weighted by atomic mass is 19.1. The first-order valence-electron chi connectivity index (χ1n) is 9.65. The normalized spacial score (nSPS) is 23.0. The molecule has 10 heteroatoms. The van der Waals surface area contributed by atoms with Crippen molar-refractivity contribution in [2.24, 2.45) is 11.7 Å². The molecular weight excluding hydrogens is 381 g/mol. The lowest BCUT2D eigenvalue weighted by atomic mass is 9.99. The molecule has 1 aliphatic carbocycles. The Hall–Kier alpha value is -2.59. The SMILES string of the molecule is COCC(N)C1CN(c2ccc3c(=O)n(N)c(=O)n(C4CC4)c3c2OC)CC1F. The Morgan fingerprint density at radius 3 is 2.59 bits per heavy atom. The fraction of sp³-hybridized carbons (Fsp3) is 0.579. The zero-order chi connectivity index (χ0) is 20.9. The molecular formula is C19H26FN5O4. The van der Waals surface area contributed by atoms with E-state index >= 15 is 0 Å². The molecule has 4 rings (SSSR count). The van der Waals surface area contributed by atoms with E-state index < -0.39 is 29.4 Å². The summed E-state index contributed by atoms with van der Waals surface area (Å²) in [6.45, 7) is 0.797. The van der Waals surface area contributed by atoms with Gasteiger partial charge < -0.3 is 25.9 Å². The largest absolute Gasteiger partial charge is 0.492 e. The van der Waals surface area contributed by atoms with Gasteiger partial charge in [-0.15, -0.1) is 0 Å². The van der Waals surface area contributed by atoms with Gasteiger partial charge >= 0.3 is 5.69 Å². The van der Waals surface area contributed by atoms with E-state index in [2.05, 4.69) is 0 Å². The first kappa shape index (κ1) is 19.7. The van der Waals surface area contributed by atoms with E-state index in [0.29, 0.717) is 33.6 Å². The second-order valence-electron chi connectivity index (χ2n) is 7.78. The quantitative estimate of drug-likeness (QED) is 0.646. The first-order chi connectivity index (χ1) is 13.9. The lowest BCUT2D eigenvalue weighted by Crippen LogP contribution is -2.44. The maximum Gasteiger partial charge on any atom is 0.350 e. The van der Waals surface area contributed by atoms with Gasteiger partial charge in [-0.3, -0.25) is 9.36 Å². The lowest BCUT2D eigenvalue weighted by Gasteiger charge is -2.24. The molecule has 9 nitrogen and oxygen atoms in total. The predicted molar refractivity (Wildman–Crippen MR) is 108 cm³/mol. The fourth-order valence-electron chi connectivity index (χ4n) is 4.23. The van der Waals surface area contributed by atoms with Gasteiger partial charge in [0.2, 0.25) is 0 Å². The highest BCUT2D eigenvalue weighted by molar-refractivity contribution is 5.90. The molecule has 2 aromatic rings. The van der Waals surface area contributed by atoms with Crippen LogP contribution in [-0.4, -0.2) is 55.4 Å². The minimum absolute atomic E-state index is 0.0278. The van der Waals surface area contributed by atoms with Crippen LogP contribution in [0.3, 0.4) is 0 Å². The summed E-state index contributed by atoms with van der Waals surface area (Å²) in [7, 11) is 3.01. The number of nitrogens with zero attached hydrogens (tertiary/aromatic N) is 3. The van der Waals surface area contributed by atoms with E-state index in [1.54, 1.807) is 12.1 Å². The highest BCUT2D eigenvalue weighted by Crippen LogP contribution is 2.42. The molecule has 2 fully saturated rings. The molecule has 1 saturated heterocycles. The van der Waals surface area contributed by atoms with Crippen molar-refractivity contribution in [2.75, 3.05) is 44.7 Å². The van der Waals surface area contributed by atoms with Crippen LogP contribution in [0.1, 0.15) is 18.9 Å². The average molecular weight is 407 g/mol. The molecule has 1 aromatic carbocycles. The van der Waals surface area contributed by atoms with Crippen LogP contribution in [0.4, 0.5) is 10.1 Å². The summed E-state index contributed by atoms with van der Waals surface area (Å²) in [6.07, 6.45) is 0.526. The van der Waals surface area contributed by atoms with Crippen molar-refractivity contribution in [2.45, 2.75) is 31.1 Å². The maximum absolute atomic E-state index is 14.7. The standard InChI is InChI=1S/C19H26FN5O4/c1-28-9-14(21)12-7-23(8-13(12)20)15-6-5-11-16(17(15)29-2)24(10-3-4-10)19(27)25(22)18(11)26/h5-6,10,12-14H,3-4,7-9,21-22H2,1-2H3. The Kier molecular flexibility index (Phi) is 4.99. The van der Waals surface area contributed by atoms with Gasteiger partial charge in [0, 0.05) is 38.2 Å². The molecule has 0 amide bonds. The van der Waals surface area contributed by atoms with Crippen molar-refractivity contribution < 1.29 is 13.9 Å². The van der Waals surface area contributed by atoms with E-state index in [-0.39, 0.29) is 19.2 Å². The Balaban J connectivity index is 1.85. The van der Waals surface area contributed by atoms with Gasteiger partial charge in [-0.2, -0.15) is 4.68 Å². The van der Waals surface area contributed by atoms with E-state index in [4.69, 9.17) is 21.1 Å². The summed E-state index contributed by atoms with van der Waals surface area (Å²) in [5.41, 5.74) is 5.95. The Labute approximate surface area is 166 Å². The summed E-state index contributed by atoms with van der Waals surface area (Å²) >= 11 is 0. The van der Waals surface area contributed by atoms with Gasteiger partial charge in [0.05, 0.1) is 24.8 Å². The molecule has 0 spiro atoms. The van der Waals surface area contributed by atoms with E-state index in [0.717, 1.165) is 12.8 Å². The van der Waals surface area contributed by atoms with Crippen molar-refractivity contribution in [3.63, 3.8) is 0 Å². The number of halogens is 1. The minimum Gasteiger partial charge on any atom is -0.492 e. The van der Waals surface area contributed by atoms with E-state index in [9.17, 15) is 14.0 Å². The number of methoxy groups -OCH3 is 2. The van der Waals surface area contributed by atoms with Gasteiger partial charge in [-0.1, -0.05) is 0 Å². The number of aromatic nitrogens is 2. The number of nitrogen functional groups attached to an aromatic ring is 1. The topological polar surface area (TPSA) is 118 Å². The molecule has 1 aromatic heterocycles. The van der Waals surface area contributed by atoms with E-state index in [1.807, 2.05) is 4.90 Å². The van der Waals surface area contributed by atoms with Crippen LogP contribution in [0.2, 0.25) is 0 Å². The number of benzene rings is 1. The van der Waals surface area contributed by atoms with E-state index in [1.165, 1.54) is 18.8 Å². The van der Waals surface area contributed by atoms with Crippen LogP contribution >= 0.6 is 0 Å². The molecule has 0 bridgehead atoms. The van der Waals surface area contributed by atoms with Crippen LogP contribution in [0.5, 0.6) is 5.75 Å². The van der Waals surface area contributed by atoms with Crippen molar-refractivity contribution in [1.29, 1.82) is 0 Å². The minimum atomic E-state index is -1.12. The van der Waals surface area contributed by atoms with Crippen LogP contribution < -0.4 is 32.5 Å².